The summed E-state index contributed by atoms with van der Waals surface area (Å²) in [4.78, 5) is 16.1. The fourth-order valence-corrected chi connectivity index (χ4v) is 1.67. The summed E-state index contributed by atoms with van der Waals surface area (Å²) in [6.07, 6.45) is 1.34. The predicted octanol–water partition coefficient (Wildman–Crippen LogP) is 1.73. The quantitative estimate of drug-likeness (QED) is 0.877. The van der Waals surface area contributed by atoms with Crippen molar-refractivity contribution in [3.05, 3.63) is 36.2 Å². The topological polar surface area (TPSA) is 79.9 Å². The lowest BCUT2D eigenvalue weighted by molar-refractivity contribution is -0.120. The minimum absolute atomic E-state index is 0.158. The number of anilines is 1. The number of ether oxygens (including phenoxy) is 1. The van der Waals surface area contributed by atoms with Gasteiger partial charge in [-0.3, -0.25) is 10.1 Å². The third-order valence-corrected chi connectivity index (χ3v) is 3.03. The van der Waals surface area contributed by atoms with Crippen molar-refractivity contribution in [1.82, 2.24) is 15.2 Å². The van der Waals surface area contributed by atoms with Crippen molar-refractivity contribution in [3.8, 4) is 5.75 Å². The molecule has 0 saturated heterocycles. The van der Waals surface area contributed by atoms with Gasteiger partial charge in [0, 0.05) is 0 Å². The Kier molecular flexibility index (Phi) is 3.50. The Morgan fingerprint density at radius 2 is 2.00 bits per heavy atom. The lowest BCUT2D eigenvalue weighted by atomic mass is 9.84. The summed E-state index contributed by atoms with van der Waals surface area (Å²) in [7, 11) is 1.61. The van der Waals surface area contributed by atoms with Crippen LogP contribution in [-0.4, -0.2) is 28.2 Å². The Bertz CT molecular complexity index is 547. The van der Waals surface area contributed by atoms with E-state index in [1.807, 2.05) is 38.1 Å². The van der Waals surface area contributed by atoms with Gasteiger partial charge in [0.15, 0.2) is 0 Å². The lowest BCUT2D eigenvalue weighted by Gasteiger charge is -2.23. The molecular weight excluding hydrogens is 244 g/mol. The zero-order chi connectivity index (χ0) is 13.9. The molecule has 0 radical (unpaired) electrons. The van der Waals surface area contributed by atoms with Crippen LogP contribution in [-0.2, 0) is 10.2 Å². The lowest BCUT2D eigenvalue weighted by Crippen LogP contribution is -2.35. The number of H-pyrrole nitrogens is 1. The number of aromatic nitrogens is 3. The van der Waals surface area contributed by atoms with Crippen LogP contribution in [0.2, 0.25) is 0 Å². The molecule has 0 aliphatic heterocycles. The van der Waals surface area contributed by atoms with E-state index in [9.17, 15) is 4.79 Å². The number of methoxy groups -OCH3 is 1. The third-order valence-electron chi connectivity index (χ3n) is 3.03. The summed E-state index contributed by atoms with van der Waals surface area (Å²) >= 11 is 0. The van der Waals surface area contributed by atoms with Crippen molar-refractivity contribution in [2.75, 3.05) is 12.4 Å². The monoisotopic (exact) mass is 260 g/mol. The molecule has 0 aliphatic carbocycles. The van der Waals surface area contributed by atoms with Gasteiger partial charge in [-0.15, -0.1) is 0 Å². The van der Waals surface area contributed by atoms with Crippen molar-refractivity contribution in [2.45, 2.75) is 19.3 Å². The molecule has 0 saturated carbocycles. The molecule has 6 heteroatoms. The number of carbonyl (C=O) groups excluding carboxylic acids is 1. The number of amides is 1. The van der Waals surface area contributed by atoms with Gasteiger partial charge in [-0.1, -0.05) is 12.1 Å². The molecule has 100 valence electrons. The normalized spacial score (nSPS) is 11.1. The number of benzene rings is 1. The Hall–Kier alpha value is -2.37. The Balaban J connectivity index is 2.17. The average Bonchev–Trinajstić information content (AvgIpc) is 2.91. The van der Waals surface area contributed by atoms with Gasteiger partial charge in [-0.05, 0) is 31.5 Å². The minimum atomic E-state index is -0.681. The third kappa shape index (κ3) is 2.73. The molecule has 0 spiro atoms. The number of nitrogens with zero attached hydrogens (tertiary/aromatic N) is 2. The molecule has 6 nitrogen and oxygen atoms in total. The first-order valence-corrected chi connectivity index (χ1v) is 5.85. The number of hydrogen-bond donors (Lipinski definition) is 2. The number of rotatable bonds is 4. The van der Waals surface area contributed by atoms with Gasteiger partial charge < -0.3 is 4.74 Å². The van der Waals surface area contributed by atoms with Crippen LogP contribution in [0, 0.1) is 0 Å². The molecule has 1 aromatic heterocycles. The summed E-state index contributed by atoms with van der Waals surface area (Å²) in [5.41, 5.74) is 0.212. The zero-order valence-corrected chi connectivity index (χ0v) is 11.1. The van der Waals surface area contributed by atoms with Crippen LogP contribution in [0.4, 0.5) is 5.95 Å². The van der Waals surface area contributed by atoms with Crippen molar-refractivity contribution in [1.29, 1.82) is 0 Å². The standard InChI is InChI=1S/C13H16N4O2/c1-13(2,9-4-6-10(19-3)7-5-9)11(18)16-12-14-8-15-17-12/h4-8H,1-3H3,(H2,14,15,16,17,18). The van der Waals surface area contributed by atoms with Crippen LogP contribution in [0.5, 0.6) is 5.75 Å². The van der Waals surface area contributed by atoms with Crippen molar-refractivity contribution in [3.63, 3.8) is 0 Å². The van der Waals surface area contributed by atoms with Crippen LogP contribution < -0.4 is 10.1 Å². The summed E-state index contributed by atoms with van der Waals surface area (Å²) < 4.78 is 5.10. The molecule has 0 bridgehead atoms. The first-order chi connectivity index (χ1) is 9.04. The molecule has 2 rings (SSSR count). The second-order valence-electron chi connectivity index (χ2n) is 4.64. The van der Waals surface area contributed by atoms with Crippen LogP contribution in [0.1, 0.15) is 19.4 Å². The van der Waals surface area contributed by atoms with E-state index in [-0.39, 0.29) is 5.91 Å². The number of aromatic amines is 1. The summed E-state index contributed by atoms with van der Waals surface area (Å²) in [5, 5.41) is 8.97. The molecule has 2 N–H and O–H groups in total. The smallest absolute Gasteiger partial charge is 0.236 e. The maximum Gasteiger partial charge on any atom is 0.236 e. The first-order valence-electron chi connectivity index (χ1n) is 5.85. The first kappa shape index (κ1) is 13.1. The molecule has 1 amide bonds. The van der Waals surface area contributed by atoms with Gasteiger partial charge in [0.25, 0.3) is 0 Å². The molecule has 1 aromatic carbocycles. The zero-order valence-electron chi connectivity index (χ0n) is 11.1. The number of carbonyl (C=O) groups is 1. The van der Waals surface area contributed by atoms with E-state index in [1.165, 1.54) is 6.33 Å². The maximum atomic E-state index is 12.3. The summed E-state index contributed by atoms with van der Waals surface area (Å²) in [6, 6.07) is 7.41. The van der Waals surface area contributed by atoms with E-state index in [1.54, 1.807) is 7.11 Å². The van der Waals surface area contributed by atoms with Crippen molar-refractivity contribution < 1.29 is 9.53 Å². The highest BCUT2D eigenvalue weighted by atomic mass is 16.5. The Labute approximate surface area is 111 Å². The van der Waals surface area contributed by atoms with Gasteiger partial charge in [-0.2, -0.15) is 10.1 Å². The van der Waals surface area contributed by atoms with Gasteiger partial charge in [0.1, 0.15) is 12.1 Å². The van der Waals surface area contributed by atoms with Gasteiger partial charge in [0.2, 0.25) is 11.9 Å². The minimum Gasteiger partial charge on any atom is -0.497 e. The highest BCUT2D eigenvalue weighted by Crippen LogP contribution is 2.26. The van der Waals surface area contributed by atoms with Gasteiger partial charge in [0.05, 0.1) is 12.5 Å². The van der Waals surface area contributed by atoms with Crippen LogP contribution >= 0.6 is 0 Å². The van der Waals surface area contributed by atoms with E-state index in [0.29, 0.717) is 5.95 Å². The van der Waals surface area contributed by atoms with Crippen LogP contribution in [0.15, 0.2) is 30.6 Å². The molecule has 2 aromatic rings. The average molecular weight is 260 g/mol. The molecule has 1 heterocycles. The summed E-state index contributed by atoms with van der Waals surface area (Å²) in [6.45, 7) is 3.70. The predicted molar refractivity (Wildman–Crippen MR) is 71.0 cm³/mol. The largest absolute Gasteiger partial charge is 0.497 e. The molecule has 0 unspecified atom stereocenters. The Morgan fingerprint density at radius 1 is 1.32 bits per heavy atom. The second-order valence-corrected chi connectivity index (χ2v) is 4.64. The fraction of sp³-hybridized carbons (Fsp3) is 0.308. The molecule has 0 aliphatic rings. The molecule has 0 fully saturated rings. The number of nitrogens with one attached hydrogen (secondary N) is 2. The van der Waals surface area contributed by atoms with E-state index in [2.05, 4.69) is 20.5 Å². The molecule has 19 heavy (non-hydrogen) atoms. The maximum absolute atomic E-state index is 12.3. The Morgan fingerprint density at radius 3 is 2.53 bits per heavy atom. The summed E-state index contributed by atoms with van der Waals surface area (Å²) in [5.74, 6) is 0.941. The van der Waals surface area contributed by atoms with E-state index in [0.717, 1.165) is 11.3 Å². The van der Waals surface area contributed by atoms with Crippen LogP contribution in [0.3, 0.4) is 0 Å². The van der Waals surface area contributed by atoms with E-state index < -0.39 is 5.41 Å². The van der Waals surface area contributed by atoms with Gasteiger partial charge >= 0.3 is 0 Å². The highest BCUT2D eigenvalue weighted by molar-refractivity contribution is 5.97. The van der Waals surface area contributed by atoms with E-state index >= 15 is 0 Å². The van der Waals surface area contributed by atoms with Crippen molar-refractivity contribution in [2.24, 2.45) is 0 Å². The second kappa shape index (κ2) is 5.09. The van der Waals surface area contributed by atoms with Crippen LogP contribution in [0.25, 0.3) is 0 Å². The number of hydrogen-bond acceptors (Lipinski definition) is 4. The molecule has 0 atom stereocenters. The highest BCUT2D eigenvalue weighted by Gasteiger charge is 2.30. The van der Waals surface area contributed by atoms with E-state index in [4.69, 9.17) is 4.74 Å². The van der Waals surface area contributed by atoms with Gasteiger partial charge in [-0.25, -0.2) is 5.10 Å². The SMILES string of the molecule is COc1ccc(C(C)(C)C(=O)Nc2ncn[nH]2)cc1. The molecular formula is C13H16N4O2. The fourth-order valence-electron chi connectivity index (χ4n) is 1.67. The van der Waals surface area contributed by atoms with Crippen molar-refractivity contribution >= 4 is 11.9 Å².